The summed E-state index contributed by atoms with van der Waals surface area (Å²) in [6.07, 6.45) is 0.523. The van der Waals surface area contributed by atoms with Crippen molar-refractivity contribution in [3.8, 4) is 11.8 Å². The molecule has 3 heterocycles. The highest BCUT2D eigenvalue weighted by Gasteiger charge is 2.64. The monoisotopic (exact) mass is 844 g/mol. The van der Waals surface area contributed by atoms with E-state index in [4.69, 9.17) is 21.1 Å². The van der Waals surface area contributed by atoms with Crippen LogP contribution >= 0.6 is 11.6 Å². The van der Waals surface area contributed by atoms with Gasteiger partial charge >= 0.3 is 0 Å². The highest BCUT2D eigenvalue weighted by Crippen LogP contribution is 2.55. The lowest BCUT2D eigenvalue weighted by Crippen LogP contribution is -2.74. The molecule has 5 amide bonds. The third-order valence-electron chi connectivity index (χ3n) is 12.3. The molecule has 16 heteroatoms. The Balaban J connectivity index is 0.832. The van der Waals surface area contributed by atoms with Crippen molar-refractivity contribution in [2.75, 3.05) is 50.8 Å². The van der Waals surface area contributed by atoms with Gasteiger partial charge in [-0.05, 0) is 55.3 Å². The number of nitriles is 1. The van der Waals surface area contributed by atoms with Crippen molar-refractivity contribution in [3.05, 3.63) is 93.0 Å². The molecule has 1 saturated carbocycles. The van der Waals surface area contributed by atoms with Gasteiger partial charge in [0.1, 0.15) is 35.6 Å². The third-order valence-corrected chi connectivity index (χ3v) is 12.6. The average molecular weight is 845 g/mol. The molecule has 0 radical (unpaired) electrons. The van der Waals surface area contributed by atoms with E-state index in [1.165, 1.54) is 0 Å². The summed E-state index contributed by atoms with van der Waals surface area (Å²) >= 11 is 6.19. The molecule has 0 bridgehead atoms. The van der Waals surface area contributed by atoms with Crippen molar-refractivity contribution in [1.82, 2.24) is 20.4 Å². The van der Waals surface area contributed by atoms with Gasteiger partial charge in [0.05, 0.1) is 28.3 Å². The predicted octanol–water partition coefficient (Wildman–Crippen LogP) is 5.27. The van der Waals surface area contributed by atoms with Gasteiger partial charge in [-0.25, -0.2) is 8.78 Å². The van der Waals surface area contributed by atoms with Gasteiger partial charge in [0, 0.05) is 91.9 Å². The number of carbonyl (C=O) groups is 5. The molecule has 316 valence electrons. The van der Waals surface area contributed by atoms with Gasteiger partial charge in [-0.3, -0.25) is 39.1 Å². The number of piperazine rings is 1. The van der Waals surface area contributed by atoms with Gasteiger partial charge in [-0.1, -0.05) is 39.3 Å². The maximum Gasteiger partial charge on any atom is 0.262 e. The maximum atomic E-state index is 15.2. The van der Waals surface area contributed by atoms with Gasteiger partial charge in [0.15, 0.2) is 0 Å². The number of hydrogen-bond acceptors (Lipinski definition) is 10. The lowest BCUT2D eigenvalue weighted by molar-refractivity contribution is -0.164. The second-order valence-electron chi connectivity index (χ2n) is 16.9. The first-order valence-electron chi connectivity index (χ1n) is 20.1. The van der Waals surface area contributed by atoms with Gasteiger partial charge < -0.3 is 19.7 Å². The first kappa shape index (κ1) is 42.7. The number of nitrogens with one attached hydrogen (secondary N) is 2. The SMILES string of the molecule is CC1(C)[C@H](NC(=O)c2cc(F)c(CCOCCCN3CCN(c4ccc5c(c4)C(=O)N(C4CCC(=O)NC4=O)C5=O)CC3)c(F)c2)C(C)(C)[C@H]1Oc1ccc(C#N)c(Cl)c1. The molecule has 2 N–H and O–H groups in total. The van der Waals surface area contributed by atoms with E-state index in [1.54, 1.807) is 36.4 Å². The lowest BCUT2D eigenvalue weighted by Gasteiger charge is -2.63. The molecule has 3 aromatic rings. The number of carbonyl (C=O) groups excluding carboxylic acids is 5. The Kier molecular flexibility index (Phi) is 12.0. The highest BCUT2D eigenvalue weighted by atomic mass is 35.5. The number of hydrogen-bond donors (Lipinski definition) is 2. The van der Waals surface area contributed by atoms with Crippen molar-refractivity contribution >= 4 is 46.8 Å². The first-order valence-corrected chi connectivity index (χ1v) is 20.4. The standard InChI is InChI=1S/C44H47ClF2N6O7/c1-43(2)41(44(3,4)42(43)60-28-8-6-25(24-48)32(45)23-28)50-37(55)26-20-33(46)30(34(47)21-26)12-19-59-18-5-13-51-14-16-52(17-15-51)27-7-9-29-31(22-27)40(58)53(39(29)57)35-10-11-36(54)49-38(35)56/h6-9,20-23,35,41-42H,5,10-19H2,1-4H3,(H,50,55)(H,49,54,56)/t35?,41-,42-. The molecule has 13 nitrogen and oxygen atoms in total. The topological polar surface area (TPSA) is 161 Å². The summed E-state index contributed by atoms with van der Waals surface area (Å²) in [6.45, 7) is 11.9. The predicted molar refractivity (Wildman–Crippen MR) is 217 cm³/mol. The molecule has 0 spiro atoms. The number of ether oxygens (including phenoxy) is 2. The Morgan fingerprint density at radius 2 is 1.62 bits per heavy atom. The summed E-state index contributed by atoms with van der Waals surface area (Å²) in [4.78, 5) is 69.0. The quantitative estimate of drug-likeness (QED) is 0.171. The molecule has 1 atom stereocenters. The number of benzene rings is 3. The Labute approximate surface area is 351 Å². The van der Waals surface area contributed by atoms with Crippen LogP contribution in [0.4, 0.5) is 14.5 Å². The largest absolute Gasteiger partial charge is 0.489 e. The van der Waals surface area contributed by atoms with E-state index in [0.29, 0.717) is 37.4 Å². The number of imide groups is 2. The van der Waals surface area contributed by atoms with E-state index < -0.39 is 58.0 Å². The zero-order chi connectivity index (χ0) is 43.1. The highest BCUT2D eigenvalue weighted by molar-refractivity contribution is 6.31. The molecule has 4 aliphatic rings. The van der Waals surface area contributed by atoms with E-state index in [-0.39, 0.29) is 65.3 Å². The second-order valence-corrected chi connectivity index (χ2v) is 17.3. The summed E-state index contributed by atoms with van der Waals surface area (Å²) in [5, 5.41) is 14.6. The van der Waals surface area contributed by atoms with Gasteiger partial charge in [-0.2, -0.15) is 5.26 Å². The van der Waals surface area contributed by atoms with Crippen LogP contribution in [-0.2, 0) is 20.7 Å². The number of piperidine rings is 1. The normalized spacial score (nSPS) is 22.2. The zero-order valence-corrected chi connectivity index (χ0v) is 34.7. The van der Waals surface area contributed by atoms with Crippen LogP contribution in [0.2, 0.25) is 5.02 Å². The van der Waals surface area contributed by atoms with Crippen molar-refractivity contribution < 1.29 is 42.2 Å². The van der Waals surface area contributed by atoms with Crippen LogP contribution in [0.3, 0.4) is 0 Å². The Bertz CT molecular complexity index is 2250. The molecular weight excluding hydrogens is 798 g/mol. The fourth-order valence-electron chi connectivity index (χ4n) is 9.34. The second kappa shape index (κ2) is 16.9. The lowest BCUT2D eigenvalue weighted by atomic mass is 9.49. The van der Waals surface area contributed by atoms with E-state index in [1.807, 2.05) is 33.8 Å². The summed E-state index contributed by atoms with van der Waals surface area (Å²) in [7, 11) is 0. The van der Waals surface area contributed by atoms with Crippen molar-refractivity contribution in [2.45, 2.75) is 71.6 Å². The molecular formula is C44H47ClF2N6O7. The summed E-state index contributed by atoms with van der Waals surface area (Å²) in [5.74, 6) is -3.89. The average Bonchev–Trinajstić information content (AvgIpc) is 3.45. The molecule has 3 aromatic carbocycles. The number of halogens is 3. The molecule has 3 fully saturated rings. The minimum absolute atomic E-state index is 0.000522. The van der Waals surface area contributed by atoms with Crippen LogP contribution in [0.15, 0.2) is 48.5 Å². The zero-order valence-electron chi connectivity index (χ0n) is 33.9. The molecule has 3 aliphatic heterocycles. The first-order chi connectivity index (χ1) is 28.5. The summed E-state index contributed by atoms with van der Waals surface area (Å²) in [6, 6.07) is 12.7. The molecule has 60 heavy (non-hydrogen) atoms. The number of fused-ring (bicyclic) bond motifs is 1. The number of anilines is 1. The third kappa shape index (κ3) is 8.20. The van der Waals surface area contributed by atoms with E-state index in [9.17, 15) is 29.2 Å². The summed E-state index contributed by atoms with van der Waals surface area (Å²) in [5.41, 5.74) is 0.242. The van der Waals surface area contributed by atoms with Crippen LogP contribution in [0.5, 0.6) is 5.75 Å². The molecule has 0 aromatic heterocycles. The smallest absolute Gasteiger partial charge is 0.262 e. The van der Waals surface area contributed by atoms with Gasteiger partial charge in [0.2, 0.25) is 11.8 Å². The number of nitrogens with zero attached hydrogens (tertiary/aromatic N) is 4. The van der Waals surface area contributed by atoms with Crippen LogP contribution in [0.1, 0.15) is 89.2 Å². The van der Waals surface area contributed by atoms with E-state index >= 15 is 8.78 Å². The van der Waals surface area contributed by atoms with Crippen molar-refractivity contribution in [2.24, 2.45) is 10.8 Å². The Morgan fingerprint density at radius 3 is 2.27 bits per heavy atom. The molecule has 7 rings (SSSR count). The molecule has 1 aliphatic carbocycles. The fraction of sp³-hybridized carbons (Fsp3) is 0.455. The van der Waals surface area contributed by atoms with Crippen LogP contribution < -0.4 is 20.3 Å². The Hall–Kier alpha value is -5.43. The fourth-order valence-corrected chi connectivity index (χ4v) is 9.55. The van der Waals surface area contributed by atoms with E-state index in [2.05, 4.69) is 20.4 Å². The van der Waals surface area contributed by atoms with Crippen molar-refractivity contribution in [1.29, 1.82) is 5.26 Å². The maximum absolute atomic E-state index is 15.2. The van der Waals surface area contributed by atoms with Crippen LogP contribution in [-0.4, -0.2) is 103 Å². The van der Waals surface area contributed by atoms with E-state index in [0.717, 1.165) is 42.4 Å². The van der Waals surface area contributed by atoms with Gasteiger partial charge in [0.25, 0.3) is 17.7 Å². The van der Waals surface area contributed by atoms with Crippen molar-refractivity contribution in [3.63, 3.8) is 0 Å². The number of amides is 5. The number of rotatable bonds is 13. The van der Waals surface area contributed by atoms with Crippen LogP contribution in [0.25, 0.3) is 0 Å². The Morgan fingerprint density at radius 1 is 0.933 bits per heavy atom. The summed E-state index contributed by atoms with van der Waals surface area (Å²) < 4.78 is 42.4. The minimum atomic E-state index is -1.01. The van der Waals surface area contributed by atoms with Gasteiger partial charge in [-0.15, -0.1) is 0 Å². The molecule has 2 saturated heterocycles. The van der Waals surface area contributed by atoms with Crippen LogP contribution in [0, 0.1) is 33.8 Å². The minimum Gasteiger partial charge on any atom is -0.489 e. The molecule has 1 unspecified atom stereocenters.